The van der Waals surface area contributed by atoms with E-state index in [9.17, 15) is 9.59 Å². The highest BCUT2D eigenvalue weighted by Gasteiger charge is 2.07. The molecule has 0 aliphatic carbocycles. The molecule has 0 unspecified atom stereocenters. The molecule has 1 N–H and O–H groups in total. The van der Waals surface area contributed by atoms with Gasteiger partial charge in [0.2, 0.25) is 0 Å². The van der Waals surface area contributed by atoms with E-state index in [4.69, 9.17) is 32.7 Å². The lowest BCUT2D eigenvalue weighted by molar-refractivity contribution is -0.142. The molecule has 0 radical (unpaired) electrons. The number of carbonyl (C=O) groups is 2. The molecule has 0 spiro atoms. The summed E-state index contributed by atoms with van der Waals surface area (Å²) in [5, 5.41) is 3.78. The van der Waals surface area contributed by atoms with Crippen molar-refractivity contribution in [2.75, 3.05) is 11.9 Å². The molecular weight excluding hydrogens is 461 g/mol. The number of hydrogen-bond acceptors (Lipinski definition) is 4. The van der Waals surface area contributed by atoms with Crippen molar-refractivity contribution in [1.82, 2.24) is 0 Å². The first kappa shape index (κ1) is 24.4. The van der Waals surface area contributed by atoms with Crippen LogP contribution < -0.4 is 10.1 Å². The topological polar surface area (TPSA) is 64.6 Å². The zero-order valence-electron chi connectivity index (χ0n) is 18.0. The van der Waals surface area contributed by atoms with E-state index in [1.165, 1.54) is 11.6 Å². The fourth-order valence-electron chi connectivity index (χ4n) is 2.87. The van der Waals surface area contributed by atoms with Gasteiger partial charge in [-0.05, 0) is 60.0 Å². The van der Waals surface area contributed by atoms with Crippen LogP contribution in [0.3, 0.4) is 0 Å². The Morgan fingerprint density at radius 1 is 0.939 bits per heavy atom. The van der Waals surface area contributed by atoms with Gasteiger partial charge in [-0.15, -0.1) is 0 Å². The van der Waals surface area contributed by atoms with Crippen LogP contribution in [-0.4, -0.2) is 18.5 Å². The van der Waals surface area contributed by atoms with Crippen LogP contribution in [-0.2, 0) is 27.4 Å². The van der Waals surface area contributed by atoms with Crippen LogP contribution in [0.4, 0.5) is 5.69 Å². The summed E-state index contributed by atoms with van der Waals surface area (Å²) in [6.45, 7) is 1.93. The second kappa shape index (κ2) is 12.1. The van der Waals surface area contributed by atoms with Gasteiger partial charge >= 0.3 is 5.97 Å². The maximum absolute atomic E-state index is 11.9. The van der Waals surface area contributed by atoms with Crippen molar-refractivity contribution in [2.45, 2.75) is 20.0 Å². The second-order valence-electron chi connectivity index (χ2n) is 7.10. The molecule has 0 bridgehead atoms. The molecule has 170 valence electrons. The van der Waals surface area contributed by atoms with Gasteiger partial charge in [0.1, 0.15) is 12.4 Å². The Bertz CT molecular complexity index is 1110. The molecule has 33 heavy (non-hydrogen) atoms. The fraction of sp³-hybridized carbons (Fsp3) is 0.154. The molecule has 0 saturated carbocycles. The zero-order valence-corrected chi connectivity index (χ0v) is 19.5. The minimum atomic E-state index is -0.611. The Morgan fingerprint density at radius 3 is 2.24 bits per heavy atom. The van der Waals surface area contributed by atoms with E-state index in [2.05, 4.69) is 12.2 Å². The summed E-state index contributed by atoms with van der Waals surface area (Å²) < 4.78 is 10.7. The first-order valence-corrected chi connectivity index (χ1v) is 11.1. The molecule has 0 saturated heterocycles. The van der Waals surface area contributed by atoms with E-state index in [1.54, 1.807) is 48.5 Å². The van der Waals surface area contributed by atoms with Gasteiger partial charge < -0.3 is 14.8 Å². The number of rotatable bonds is 9. The minimum absolute atomic E-state index is 0.241. The molecule has 0 aliphatic rings. The Balaban J connectivity index is 1.44. The van der Waals surface area contributed by atoms with Crippen molar-refractivity contribution in [1.29, 1.82) is 0 Å². The quantitative estimate of drug-likeness (QED) is 0.285. The van der Waals surface area contributed by atoms with Crippen molar-refractivity contribution < 1.29 is 19.1 Å². The third-order valence-electron chi connectivity index (χ3n) is 4.73. The molecule has 0 aromatic heterocycles. The Hall–Kier alpha value is -3.28. The lowest BCUT2D eigenvalue weighted by Crippen LogP contribution is -2.20. The molecule has 7 heteroatoms. The molecule has 3 aromatic carbocycles. The van der Waals surface area contributed by atoms with Gasteiger partial charge in [0.15, 0.2) is 6.61 Å². The number of amides is 1. The number of hydrogen-bond donors (Lipinski definition) is 1. The summed E-state index contributed by atoms with van der Waals surface area (Å²) in [7, 11) is 0. The summed E-state index contributed by atoms with van der Waals surface area (Å²) >= 11 is 12.3. The van der Waals surface area contributed by atoms with Crippen molar-refractivity contribution in [3.63, 3.8) is 0 Å². The van der Waals surface area contributed by atoms with Gasteiger partial charge in [-0.2, -0.15) is 0 Å². The molecule has 3 aromatic rings. The maximum atomic E-state index is 11.9. The Kier molecular flexibility index (Phi) is 8.93. The lowest BCUT2D eigenvalue weighted by atomic mass is 10.1. The van der Waals surface area contributed by atoms with Crippen molar-refractivity contribution in [2.24, 2.45) is 0 Å². The highest BCUT2D eigenvalue weighted by molar-refractivity contribution is 6.35. The largest absolute Gasteiger partial charge is 0.489 e. The fourth-order valence-corrected chi connectivity index (χ4v) is 3.38. The van der Waals surface area contributed by atoms with Crippen molar-refractivity contribution in [3.05, 3.63) is 99.5 Å². The molecular formula is C26H23Cl2NO4. The zero-order chi connectivity index (χ0) is 23.6. The average Bonchev–Trinajstić information content (AvgIpc) is 2.82. The van der Waals surface area contributed by atoms with Crippen LogP contribution in [0.1, 0.15) is 23.6 Å². The van der Waals surface area contributed by atoms with E-state index < -0.39 is 11.9 Å². The average molecular weight is 484 g/mol. The Morgan fingerprint density at radius 2 is 1.61 bits per heavy atom. The predicted molar refractivity (Wildman–Crippen MR) is 132 cm³/mol. The van der Waals surface area contributed by atoms with Crippen molar-refractivity contribution in [3.8, 4) is 5.75 Å². The Labute approximate surface area is 202 Å². The molecule has 0 fully saturated rings. The second-order valence-corrected chi connectivity index (χ2v) is 7.91. The minimum Gasteiger partial charge on any atom is -0.489 e. The molecule has 3 rings (SSSR count). The van der Waals surface area contributed by atoms with E-state index in [1.807, 2.05) is 24.3 Å². The van der Waals surface area contributed by atoms with Gasteiger partial charge in [-0.25, -0.2) is 4.79 Å². The summed E-state index contributed by atoms with van der Waals surface area (Å²) in [4.78, 5) is 23.9. The number of benzene rings is 3. The SMILES string of the molecule is CCc1ccc(NC(=O)COC(=O)/C=C/c2ccc(OCc3c(Cl)cccc3Cl)cc2)cc1. The van der Waals surface area contributed by atoms with E-state index >= 15 is 0 Å². The third kappa shape index (κ3) is 7.67. The summed E-state index contributed by atoms with van der Waals surface area (Å²) in [6, 6.07) is 19.9. The van der Waals surface area contributed by atoms with E-state index in [-0.39, 0.29) is 13.2 Å². The predicted octanol–water partition coefficient (Wildman–Crippen LogP) is 6.33. The normalized spacial score (nSPS) is 10.8. The highest BCUT2D eigenvalue weighted by Crippen LogP contribution is 2.26. The first-order valence-electron chi connectivity index (χ1n) is 10.3. The third-order valence-corrected chi connectivity index (χ3v) is 5.44. The van der Waals surface area contributed by atoms with Crippen LogP contribution >= 0.6 is 23.2 Å². The number of halogens is 2. The molecule has 5 nitrogen and oxygen atoms in total. The molecule has 0 atom stereocenters. The number of nitrogens with one attached hydrogen (secondary N) is 1. The van der Waals surface area contributed by atoms with Crippen LogP contribution in [0.2, 0.25) is 10.0 Å². The van der Waals surface area contributed by atoms with E-state index in [0.29, 0.717) is 21.5 Å². The van der Waals surface area contributed by atoms with Crippen LogP contribution in [0.5, 0.6) is 5.75 Å². The molecule has 1 amide bonds. The lowest BCUT2D eigenvalue weighted by Gasteiger charge is -2.09. The highest BCUT2D eigenvalue weighted by atomic mass is 35.5. The van der Waals surface area contributed by atoms with Gasteiger partial charge in [-0.1, -0.05) is 60.5 Å². The number of esters is 1. The number of anilines is 1. The van der Waals surface area contributed by atoms with Crippen LogP contribution in [0.15, 0.2) is 72.8 Å². The van der Waals surface area contributed by atoms with Crippen LogP contribution in [0, 0.1) is 0 Å². The van der Waals surface area contributed by atoms with Gasteiger partial charge in [0.05, 0.1) is 0 Å². The molecule has 0 heterocycles. The summed E-state index contributed by atoms with van der Waals surface area (Å²) in [6.07, 6.45) is 3.78. The van der Waals surface area contributed by atoms with Crippen molar-refractivity contribution >= 4 is 46.8 Å². The van der Waals surface area contributed by atoms with Crippen LogP contribution in [0.25, 0.3) is 6.08 Å². The smallest absolute Gasteiger partial charge is 0.331 e. The van der Waals surface area contributed by atoms with Gasteiger partial charge in [-0.3, -0.25) is 4.79 Å². The van der Waals surface area contributed by atoms with Gasteiger partial charge in [0, 0.05) is 27.4 Å². The standard InChI is InChI=1S/C26H23Cl2NO4/c1-2-18-6-11-20(12-7-18)29-25(30)17-33-26(31)15-10-19-8-13-21(14-9-19)32-16-22-23(27)4-3-5-24(22)28/h3-15H,2,16-17H2,1H3,(H,29,30)/b15-10+. The number of ether oxygens (including phenoxy) is 2. The number of carbonyl (C=O) groups excluding carboxylic acids is 2. The monoisotopic (exact) mass is 483 g/mol. The van der Waals surface area contributed by atoms with Gasteiger partial charge in [0.25, 0.3) is 5.91 Å². The maximum Gasteiger partial charge on any atom is 0.331 e. The summed E-state index contributed by atoms with van der Waals surface area (Å²) in [5.41, 5.74) is 3.32. The first-order chi connectivity index (χ1) is 15.9. The van der Waals surface area contributed by atoms with E-state index in [0.717, 1.165) is 17.5 Å². The summed E-state index contributed by atoms with van der Waals surface area (Å²) in [5.74, 6) is -0.379. The number of aryl methyl sites for hydroxylation is 1. The molecule has 0 aliphatic heterocycles.